The Kier molecular flexibility index (Phi) is 4.35. The maximum Gasteiger partial charge on any atom is 0.108 e. The molecule has 1 atom stereocenters. The van der Waals surface area contributed by atoms with Gasteiger partial charge in [-0.25, -0.2) is 0 Å². The molecular formula is C10H21N3O. The van der Waals surface area contributed by atoms with E-state index >= 15 is 0 Å². The molecule has 1 aliphatic carbocycles. The molecule has 0 aromatic heterocycles. The maximum absolute atomic E-state index is 7.28. The molecule has 14 heavy (non-hydrogen) atoms. The highest BCUT2D eigenvalue weighted by Crippen LogP contribution is 2.28. The van der Waals surface area contributed by atoms with Gasteiger partial charge in [-0.05, 0) is 32.7 Å². The molecule has 0 aliphatic heterocycles. The standard InChI is InChI=1S/C10H21N3O/c1-8(10(11)12)13(2)5-6-14-7-9-3-4-9/h8-9H,3-7H2,1-2H3,(H3,11,12). The van der Waals surface area contributed by atoms with Crippen LogP contribution in [0.3, 0.4) is 0 Å². The van der Waals surface area contributed by atoms with Crippen molar-refractivity contribution in [3.8, 4) is 0 Å². The van der Waals surface area contributed by atoms with Crippen molar-refractivity contribution in [1.29, 1.82) is 5.41 Å². The summed E-state index contributed by atoms with van der Waals surface area (Å²) in [6.45, 7) is 4.42. The minimum Gasteiger partial charge on any atom is -0.386 e. The first-order chi connectivity index (χ1) is 6.61. The summed E-state index contributed by atoms with van der Waals surface area (Å²) in [6.07, 6.45) is 2.67. The van der Waals surface area contributed by atoms with Gasteiger partial charge in [-0.15, -0.1) is 0 Å². The molecule has 1 rings (SSSR count). The Hall–Kier alpha value is -0.610. The zero-order valence-corrected chi connectivity index (χ0v) is 9.12. The fraction of sp³-hybridized carbons (Fsp3) is 0.900. The average molecular weight is 199 g/mol. The van der Waals surface area contributed by atoms with Crippen LogP contribution in [-0.4, -0.2) is 43.6 Å². The van der Waals surface area contributed by atoms with Gasteiger partial charge in [0.05, 0.1) is 12.6 Å². The molecule has 1 unspecified atom stereocenters. The lowest BCUT2D eigenvalue weighted by Crippen LogP contribution is -2.41. The van der Waals surface area contributed by atoms with E-state index in [-0.39, 0.29) is 11.9 Å². The van der Waals surface area contributed by atoms with Crippen molar-refractivity contribution in [2.75, 3.05) is 26.8 Å². The number of nitrogens with one attached hydrogen (secondary N) is 1. The molecule has 0 aromatic rings. The van der Waals surface area contributed by atoms with Crippen molar-refractivity contribution >= 4 is 5.84 Å². The summed E-state index contributed by atoms with van der Waals surface area (Å²) in [4.78, 5) is 2.04. The van der Waals surface area contributed by atoms with Gasteiger partial charge >= 0.3 is 0 Å². The molecule has 3 N–H and O–H groups in total. The van der Waals surface area contributed by atoms with Gasteiger partial charge in [0.15, 0.2) is 0 Å². The van der Waals surface area contributed by atoms with E-state index in [4.69, 9.17) is 15.9 Å². The predicted molar refractivity (Wildman–Crippen MR) is 57.5 cm³/mol. The van der Waals surface area contributed by atoms with Crippen LogP contribution in [0, 0.1) is 11.3 Å². The summed E-state index contributed by atoms with van der Waals surface area (Å²) >= 11 is 0. The van der Waals surface area contributed by atoms with Crippen molar-refractivity contribution in [2.24, 2.45) is 11.7 Å². The number of hydrogen-bond acceptors (Lipinski definition) is 3. The van der Waals surface area contributed by atoms with Crippen LogP contribution < -0.4 is 5.73 Å². The first-order valence-corrected chi connectivity index (χ1v) is 5.23. The van der Waals surface area contributed by atoms with E-state index in [1.54, 1.807) is 0 Å². The minimum absolute atomic E-state index is 0.0134. The van der Waals surface area contributed by atoms with Crippen LogP contribution in [0.2, 0.25) is 0 Å². The van der Waals surface area contributed by atoms with Gasteiger partial charge in [-0.3, -0.25) is 10.3 Å². The number of likely N-dealkylation sites (N-methyl/N-ethyl adjacent to an activating group) is 1. The SMILES string of the molecule is CC(C(=N)N)N(C)CCOCC1CC1. The number of rotatable bonds is 7. The lowest BCUT2D eigenvalue weighted by molar-refractivity contribution is 0.100. The fourth-order valence-electron chi connectivity index (χ4n) is 1.17. The van der Waals surface area contributed by atoms with E-state index in [1.165, 1.54) is 12.8 Å². The first kappa shape index (κ1) is 11.5. The molecule has 1 aliphatic rings. The molecule has 0 radical (unpaired) electrons. The Labute approximate surface area is 85.9 Å². The van der Waals surface area contributed by atoms with E-state index in [9.17, 15) is 0 Å². The Balaban J connectivity index is 2.00. The fourth-order valence-corrected chi connectivity index (χ4v) is 1.17. The summed E-state index contributed by atoms with van der Waals surface area (Å²) in [7, 11) is 1.96. The van der Waals surface area contributed by atoms with E-state index in [0.29, 0.717) is 0 Å². The first-order valence-electron chi connectivity index (χ1n) is 5.23. The highest BCUT2D eigenvalue weighted by Gasteiger charge is 2.21. The second kappa shape index (κ2) is 5.32. The van der Waals surface area contributed by atoms with Crippen molar-refractivity contribution in [2.45, 2.75) is 25.8 Å². The molecule has 4 heteroatoms. The minimum atomic E-state index is 0.0134. The van der Waals surface area contributed by atoms with Gasteiger partial charge in [0, 0.05) is 13.2 Å². The van der Waals surface area contributed by atoms with E-state index in [2.05, 4.69) is 0 Å². The number of nitrogens with two attached hydrogens (primary N) is 1. The maximum atomic E-state index is 7.28. The van der Waals surface area contributed by atoms with Crippen LogP contribution in [0.1, 0.15) is 19.8 Å². The second-order valence-corrected chi connectivity index (χ2v) is 4.13. The molecule has 1 saturated carbocycles. The Morgan fingerprint density at radius 1 is 1.64 bits per heavy atom. The molecule has 0 amide bonds. The third kappa shape index (κ3) is 4.07. The molecular weight excluding hydrogens is 178 g/mol. The molecule has 0 bridgehead atoms. The third-order valence-electron chi connectivity index (χ3n) is 2.75. The zero-order valence-electron chi connectivity index (χ0n) is 9.12. The zero-order chi connectivity index (χ0) is 10.6. The number of amidine groups is 1. The normalized spacial score (nSPS) is 18.5. The topological polar surface area (TPSA) is 62.3 Å². The quantitative estimate of drug-likeness (QED) is 0.360. The van der Waals surface area contributed by atoms with Gasteiger partial charge < -0.3 is 10.5 Å². The molecule has 82 valence electrons. The number of hydrogen-bond donors (Lipinski definition) is 2. The summed E-state index contributed by atoms with van der Waals surface area (Å²) in [5.74, 6) is 1.04. The molecule has 4 nitrogen and oxygen atoms in total. The monoisotopic (exact) mass is 199 g/mol. The van der Waals surface area contributed by atoms with Gasteiger partial charge in [-0.1, -0.05) is 0 Å². The highest BCUT2D eigenvalue weighted by molar-refractivity contribution is 5.82. The van der Waals surface area contributed by atoms with Gasteiger partial charge in [0.2, 0.25) is 0 Å². The van der Waals surface area contributed by atoms with Gasteiger partial charge in [0.1, 0.15) is 5.84 Å². The smallest absolute Gasteiger partial charge is 0.108 e. The Bertz CT molecular complexity index is 192. The van der Waals surface area contributed by atoms with E-state index < -0.39 is 0 Å². The van der Waals surface area contributed by atoms with Crippen molar-refractivity contribution < 1.29 is 4.74 Å². The lowest BCUT2D eigenvalue weighted by Gasteiger charge is -2.23. The van der Waals surface area contributed by atoms with Crippen LogP contribution in [0.4, 0.5) is 0 Å². The Morgan fingerprint density at radius 2 is 2.29 bits per heavy atom. The summed E-state index contributed by atoms with van der Waals surface area (Å²) in [6, 6.07) is 0.0134. The third-order valence-corrected chi connectivity index (χ3v) is 2.75. The summed E-state index contributed by atoms with van der Waals surface area (Å²) in [5.41, 5.74) is 5.40. The van der Waals surface area contributed by atoms with E-state index in [0.717, 1.165) is 25.7 Å². The molecule has 0 spiro atoms. The largest absolute Gasteiger partial charge is 0.386 e. The van der Waals surface area contributed by atoms with Gasteiger partial charge in [-0.2, -0.15) is 0 Å². The number of nitrogens with zero attached hydrogens (tertiary/aromatic N) is 1. The van der Waals surface area contributed by atoms with Crippen LogP contribution in [0.5, 0.6) is 0 Å². The summed E-state index contributed by atoms with van der Waals surface area (Å²) in [5, 5.41) is 7.28. The second-order valence-electron chi connectivity index (χ2n) is 4.13. The Morgan fingerprint density at radius 3 is 2.79 bits per heavy atom. The predicted octanol–water partition coefficient (Wildman–Crippen LogP) is 0.669. The van der Waals surface area contributed by atoms with Crippen molar-refractivity contribution in [3.05, 3.63) is 0 Å². The lowest BCUT2D eigenvalue weighted by atomic mass is 10.3. The van der Waals surface area contributed by atoms with Crippen LogP contribution in [0.25, 0.3) is 0 Å². The summed E-state index contributed by atoms with van der Waals surface area (Å²) < 4.78 is 5.51. The van der Waals surface area contributed by atoms with Crippen molar-refractivity contribution in [3.63, 3.8) is 0 Å². The van der Waals surface area contributed by atoms with Gasteiger partial charge in [0.25, 0.3) is 0 Å². The van der Waals surface area contributed by atoms with Crippen LogP contribution >= 0.6 is 0 Å². The average Bonchev–Trinajstić information content (AvgIpc) is 2.94. The van der Waals surface area contributed by atoms with Crippen LogP contribution in [0.15, 0.2) is 0 Å². The van der Waals surface area contributed by atoms with E-state index in [1.807, 2.05) is 18.9 Å². The van der Waals surface area contributed by atoms with Crippen molar-refractivity contribution in [1.82, 2.24) is 4.90 Å². The number of ether oxygens (including phenoxy) is 1. The molecule has 0 saturated heterocycles. The highest BCUT2D eigenvalue weighted by atomic mass is 16.5. The van der Waals surface area contributed by atoms with Crippen LogP contribution in [-0.2, 0) is 4.74 Å². The molecule has 0 aromatic carbocycles. The molecule has 0 heterocycles. The molecule has 1 fully saturated rings.